The summed E-state index contributed by atoms with van der Waals surface area (Å²) >= 11 is 0. The van der Waals surface area contributed by atoms with Gasteiger partial charge in [0.25, 0.3) is 0 Å². The van der Waals surface area contributed by atoms with Gasteiger partial charge in [0, 0.05) is 48.6 Å². The lowest BCUT2D eigenvalue weighted by Gasteiger charge is -2.34. The van der Waals surface area contributed by atoms with Gasteiger partial charge in [-0.15, -0.1) is 0 Å². The maximum Gasteiger partial charge on any atom is 0.227 e. The van der Waals surface area contributed by atoms with Crippen LogP contribution in [-0.4, -0.2) is 45.5 Å². The summed E-state index contributed by atoms with van der Waals surface area (Å²) in [6.45, 7) is 8.81. The Labute approximate surface area is 216 Å². The average molecular weight is 509 g/mol. The Hall–Kier alpha value is -3.39. The van der Waals surface area contributed by atoms with E-state index in [-0.39, 0.29) is 30.4 Å². The van der Waals surface area contributed by atoms with Gasteiger partial charge in [-0.3, -0.25) is 4.79 Å². The van der Waals surface area contributed by atoms with Crippen molar-refractivity contribution in [3.8, 4) is 0 Å². The standard InChI is InChI=1S/C29H34F2N4O2/c1-18-12-19(2)14-22(13-18)33-17-29(4,37)24-16-32-20(3)34-28(24)21-8-10-35(11-9-21)27(36)15-23-25(30)6-5-7-26(23)31/h5-7,12-14,16,21,33,37H,8-11,15,17H2,1-4H3. The van der Waals surface area contributed by atoms with E-state index in [1.807, 2.05) is 32.9 Å². The van der Waals surface area contributed by atoms with Crippen molar-refractivity contribution < 1.29 is 18.7 Å². The molecular formula is C29H34F2N4O2. The lowest BCUT2D eigenvalue weighted by atomic mass is 9.85. The fourth-order valence-electron chi connectivity index (χ4n) is 5.03. The molecule has 1 fully saturated rings. The molecule has 1 aliphatic rings. The second-order valence-electron chi connectivity index (χ2n) is 10.3. The molecule has 2 heterocycles. The number of aromatic nitrogens is 2. The highest BCUT2D eigenvalue weighted by molar-refractivity contribution is 5.79. The van der Waals surface area contributed by atoms with E-state index in [2.05, 4.69) is 16.4 Å². The molecule has 1 atom stereocenters. The van der Waals surface area contributed by atoms with Gasteiger partial charge < -0.3 is 15.3 Å². The fraction of sp³-hybridized carbons (Fsp3) is 0.414. The number of benzene rings is 2. The largest absolute Gasteiger partial charge is 0.383 e. The van der Waals surface area contributed by atoms with Crippen LogP contribution in [0.2, 0.25) is 0 Å². The molecule has 2 N–H and O–H groups in total. The highest BCUT2D eigenvalue weighted by Gasteiger charge is 2.33. The number of aryl methyl sites for hydroxylation is 3. The summed E-state index contributed by atoms with van der Waals surface area (Å²) in [5.41, 5.74) is 3.23. The van der Waals surface area contributed by atoms with Crippen LogP contribution in [0, 0.1) is 32.4 Å². The molecule has 6 nitrogen and oxygen atoms in total. The number of rotatable bonds is 7. The van der Waals surface area contributed by atoms with E-state index >= 15 is 0 Å². The van der Waals surface area contributed by atoms with E-state index in [9.17, 15) is 18.7 Å². The summed E-state index contributed by atoms with van der Waals surface area (Å²) in [6.07, 6.45) is 2.66. The Morgan fingerprint density at radius 3 is 2.35 bits per heavy atom. The Bertz CT molecular complexity index is 1250. The summed E-state index contributed by atoms with van der Waals surface area (Å²) in [7, 11) is 0. The molecule has 1 aliphatic heterocycles. The van der Waals surface area contributed by atoms with Crippen molar-refractivity contribution in [3.63, 3.8) is 0 Å². The van der Waals surface area contributed by atoms with Gasteiger partial charge in [-0.2, -0.15) is 0 Å². The maximum atomic E-state index is 14.0. The number of aliphatic hydroxyl groups is 1. The summed E-state index contributed by atoms with van der Waals surface area (Å²) in [4.78, 5) is 23.5. The third-order valence-corrected chi connectivity index (χ3v) is 7.00. The molecule has 0 saturated carbocycles. The molecule has 1 amide bonds. The highest BCUT2D eigenvalue weighted by Crippen LogP contribution is 2.34. The number of halogens is 2. The molecule has 0 spiro atoms. The van der Waals surface area contributed by atoms with Crippen LogP contribution in [0.4, 0.5) is 14.5 Å². The van der Waals surface area contributed by atoms with E-state index in [0.717, 1.165) is 34.6 Å². The number of anilines is 1. The van der Waals surface area contributed by atoms with Crippen molar-refractivity contribution in [2.24, 2.45) is 0 Å². The molecule has 1 saturated heterocycles. The first-order chi connectivity index (χ1) is 17.5. The van der Waals surface area contributed by atoms with Crippen LogP contribution in [0.5, 0.6) is 0 Å². The zero-order valence-electron chi connectivity index (χ0n) is 21.8. The van der Waals surface area contributed by atoms with Crippen molar-refractivity contribution in [2.75, 3.05) is 25.0 Å². The predicted molar refractivity (Wildman–Crippen MR) is 139 cm³/mol. The first-order valence-corrected chi connectivity index (χ1v) is 12.6. The summed E-state index contributed by atoms with van der Waals surface area (Å²) < 4.78 is 28.0. The summed E-state index contributed by atoms with van der Waals surface area (Å²) in [5.74, 6) is -1.07. The van der Waals surface area contributed by atoms with E-state index in [1.165, 1.54) is 6.07 Å². The van der Waals surface area contributed by atoms with Crippen LogP contribution in [-0.2, 0) is 16.8 Å². The number of carbonyl (C=O) groups excluding carboxylic acids is 1. The third kappa shape index (κ3) is 6.31. The van der Waals surface area contributed by atoms with Gasteiger partial charge in [0.2, 0.25) is 5.91 Å². The number of likely N-dealkylation sites (tertiary alicyclic amines) is 1. The van der Waals surface area contributed by atoms with Crippen molar-refractivity contribution in [2.45, 2.75) is 58.5 Å². The topological polar surface area (TPSA) is 78.3 Å². The van der Waals surface area contributed by atoms with Crippen LogP contribution >= 0.6 is 0 Å². The minimum atomic E-state index is -1.23. The zero-order valence-corrected chi connectivity index (χ0v) is 21.8. The third-order valence-electron chi connectivity index (χ3n) is 7.00. The van der Waals surface area contributed by atoms with Gasteiger partial charge in [0.1, 0.15) is 23.1 Å². The van der Waals surface area contributed by atoms with Gasteiger partial charge in [-0.25, -0.2) is 18.7 Å². The number of hydrogen-bond donors (Lipinski definition) is 2. The SMILES string of the molecule is Cc1cc(C)cc(NCC(C)(O)c2cnc(C)nc2C2CCN(C(=O)Cc3c(F)cccc3F)CC2)c1. The monoisotopic (exact) mass is 508 g/mol. The molecule has 1 unspecified atom stereocenters. The van der Waals surface area contributed by atoms with Crippen LogP contribution in [0.3, 0.4) is 0 Å². The molecular weight excluding hydrogens is 474 g/mol. The van der Waals surface area contributed by atoms with Gasteiger partial charge in [-0.1, -0.05) is 12.1 Å². The minimum absolute atomic E-state index is 0.0265. The zero-order chi connectivity index (χ0) is 26.7. The van der Waals surface area contributed by atoms with Crippen molar-refractivity contribution >= 4 is 11.6 Å². The van der Waals surface area contributed by atoms with E-state index in [4.69, 9.17) is 4.98 Å². The predicted octanol–water partition coefficient (Wildman–Crippen LogP) is 4.95. The lowest BCUT2D eigenvalue weighted by molar-refractivity contribution is -0.131. The molecule has 3 aromatic rings. The number of hydrogen-bond acceptors (Lipinski definition) is 5. The van der Waals surface area contributed by atoms with Gasteiger partial charge >= 0.3 is 0 Å². The van der Waals surface area contributed by atoms with Crippen LogP contribution in [0.1, 0.15) is 59.5 Å². The molecule has 2 aromatic carbocycles. The number of piperidine rings is 1. The van der Waals surface area contributed by atoms with Crippen molar-refractivity contribution in [3.05, 3.63) is 88.0 Å². The smallest absolute Gasteiger partial charge is 0.227 e. The number of nitrogens with zero attached hydrogens (tertiary/aromatic N) is 3. The van der Waals surface area contributed by atoms with Crippen molar-refractivity contribution in [1.29, 1.82) is 0 Å². The molecule has 196 valence electrons. The quantitative estimate of drug-likeness (QED) is 0.472. The molecule has 0 radical (unpaired) electrons. The molecule has 8 heteroatoms. The Kier molecular flexibility index (Phi) is 7.87. The Morgan fingerprint density at radius 2 is 1.73 bits per heavy atom. The second kappa shape index (κ2) is 10.9. The normalized spacial score (nSPS) is 15.9. The van der Waals surface area contributed by atoms with Gasteiger partial charge in [-0.05, 0) is 75.9 Å². The van der Waals surface area contributed by atoms with E-state index in [1.54, 1.807) is 18.0 Å². The number of amides is 1. The molecule has 4 rings (SSSR count). The number of nitrogens with one attached hydrogen (secondary N) is 1. The average Bonchev–Trinajstić information content (AvgIpc) is 2.84. The Balaban J connectivity index is 1.45. The summed E-state index contributed by atoms with van der Waals surface area (Å²) in [5, 5.41) is 14.8. The molecule has 0 aliphatic carbocycles. The first kappa shape index (κ1) is 26.7. The first-order valence-electron chi connectivity index (χ1n) is 12.6. The molecule has 1 aromatic heterocycles. The van der Waals surface area contributed by atoms with Crippen LogP contribution in [0.15, 0.2) is 42.6 Å². The lowest BCUT2D eigenvalue weighted by Crippen LogP contribution is -2.40. The minimum Gasteiger partial charge on any atom is -0.383 e. The van der Waals surface area contributed by atoms with Gasteiger partial charge in [0.15, 0.2) is 0 Å². The van der Waals surface area contributed by atoms with Crippen LogP contribution in [0.25, 0.3) is 0 Å². The fourth-order valence-corrected chi connectivity index (χ4v) is 5.03. The number of carbonyl (C=O) groups is 1. The summed E-state index contributed by atoms with van der Waals surface area (Å²) in [6, 6.07) is 9.79. The molecule has 0 bridgehead atoms. The van der Waals surface area contributed by atoms with E-state index < -0.39 is 17.2 Å². The van der Waals surface area contributed by atoms with E-state index in [0.29, 0.717) is 37.3 Å². The molecule has 37 heavy (non-hydrogen) atoms. The van der Waals surface area contributed by atoms with Crippen LogP contribution < -0.4 is 5.32 Å². The maximum absolute atomic E-state index is 14.0. The van der Waals surface area contributed by atoms with Crippen molar-refractivity contribution in [1.82, 2.24) is 14.9 Å². The van der Waals surface area contributed by atoms with Gasteiger partial charge in [0.05, 0.1) is 12.1 Å². The Morgan fingerprint density at radius 1 is 1.11 bits per heavy atom. The second-order valence-corrected chi connectivity index (χ2v) is 10.3. The highest BCUT2D eigenvalue weighted by atomic mass is 19.1.